The van der Waals surface area contributed by atoms with E-state index in [1.54, 1.807) is 11.3 Å². The third kappa shape index (κ3) is 2.88. The Labute approximate surface area is 129 Å². The highest BCUT2D eigenvalue weighted by molar-refractivity contribution is 7.11. The molecule has 2 aliphatic carbocycles. The van der Waals surface area contributed by atoms with Gasteiger partial charge in [0.1, 0.15) is 5.92 Å². The molecule has 110 valence electrons. The van der Waals surface area contributed by atoms with Crippen molar-refractivity contribution >= 4 is 22.9 Å². The first kappa shape index (κ1) is 14.3. The molecule has 1 atom stereocenters. The molecule has 3 rings (SSSR count). The summed E-state index contributed by atoms with van der Waals surface area (Å²) in [5.41, 5.74) is 3.71. The van der Waals surface area contributed by atoms with E-state index in [1.807, 2.05) is 0 Å². The van der Waals surface area contributed by atoms with Crippen LogP contribution in [0.5, 0.6) is 0 Å². The molecule has 0 aromatic carbocycles. The predicted molar refractivity (Wildman–Crippen MR) is 87.1 cm³/mol. The van der Waals surface area contributed by atoms with Crippen LogP contribution in [0.25, 0.3) is 5.57 Å². The van der Waals surface area contributed by atoms with E-state index in [1.165, 1.54) is 16.0 Å². The van der Waals surface area contributed by atoms with Gasteiger partial charge in [-0.3, -0.25) is 4.79 Å². The van der Waals surface area contributed by atoms with Gasteiger partial charge in [-0.2, -0.15) is 0 Å². The van der Waals surface area contributed by atoms with Gasteiger partial charge in [-0.05, 0) is 47.4 Å². The van der Waals surface area contributed by atoms with E-state index in [-0.39, 0.29) is 11.9 Å². The molecule has 0 saturated carbocycles. The summed E-state index contributed by atoms with van der Waals surface area (Å²) < 4.78 is 5.43. The van der Waals surface area contributed by atoms with E-state index >= 15 is 0 Å². The summed E-state index contributed by atoms with van der Waals surface area (Å²) in [5, 5.41) is 2.09. The maximum atomic E-state index is 12.4. The van der Waals surface area contributed by atoms with Gasteiger partial charge in [0.2, 0.25) is 0 Å². The number of esters is 1. The summed E-state index contributed by atoms with van der Waals surface area (Å²) in [4.78, 5) is 13.6. The van der Waals surface area contributed by atoms with E-state index in [9.17, 15) is 4.79 Å². The van der Waals surface area contributed by atoms with Crippen LogP contribution >= 0.6 is 11.3 Å². The van der Waals surface area contributed by atoms with Crippen molar-refractivity contribution in [3.63, 3.8) is 0 Å². The number of carbonyl (C=O) groups is 1. The number of unbranched alkanes of at least 4 members (excludes halogenated alkanes) is 1. The van der Waals surface area contributed by atoms with Crippen LogP contribution in [0.2, 0.25) is 0 Å². The zero-order valence-electron chi connectivity index (χ0n) is 12.3. The standard InChI is InChI=1S/C18H20O2S/c1-2-3-10-20-18(19)16-12-15(17-9-6-11-21-17)13-7-4-5-8-14(13)16/h5-6,8-9,11-12,16H,2-4,7,10H2,1H3. The van der Waals surface area contributed by atoms with Crippen LogP contribution in [0.15, 0.2) is 46.9 Å². The van der Waals surface area contributed by atoms with Crippen molar-refractivity contribution in [1.29, 1.82) is 0 Å². The SMILES string of the molecule is CCCCOC(=O)C1C=C(c2cccs2)C2=C1C=CCC2. The molecule has 1 unspecified atom stereocenters. The van der Waals surface area contributed by atoms with E-state index in [0.717, 1.165) is 31.3 Å². The van der Waals surface area contributed by atoms with Crippen molar-refractivity contribution in [2.24, 2.45) is 5.92 Å². The monoisotopic (exact) mass is 300 g/mol. The quantitative estimate of drug-likeness (QED) is 0.579. The minimum Gasteiger partial charge on any atom is -0.465 e. The lowest BCUT2D eigenvalue weighted by Gasteiger charge is -2.15. The maximum Gasteiger partial charge on any atom is 0.317 e. The lowest BCUT2D eigenvalue weighted by atomic mass is 9.92. The lowest BCUT2D eigenvalue weighted by molar-refractivity contribution is -0.145. The van der Waals surface area contributed by atoms with Crippen LogP contribution in [-0.4, -0.2) is 12.6 Å². The van der Waals surface area contributed by atoms with E-state index in [4.69, 9.17) is 4.74 Å². The van der Waals surface area contributed by atoms with E-state index in [2.05, 4.69) is 42.7 Å². The highest BCUT2D eigenvalue weighted by Crippen LogP contribution is 2.43. The van der Waals surface area contributed by atoms with Crippen molar-refractivity contribution < 1.29 is 9.53 Å². The van der Waals surface area contributed by atoms with Crippen LogP contribution in [0.1, 0.15) is 37.5 Å². The summed E-state index contributed by atoms with van der Waals surface area (Å²) in [7, 11) is 0. The van der Waals surface area contributed by atoms with Crippen LogP contribution in [0.4, 0.5) is 0 Å². The van der Waals surface area contributed by atoms with Gasteiger partial charge < -0.3 is 4.74 Å². The van der Waals surface area contributed by atoms with Crippen molar-refractivity contribution in [3.8, 4) is 0 Å². The summed E-state index contributed by atoms with van der Waals surface area (Å²) in [6, 6.07) is 4.19. The molecule has 0 saturated heterocycles. The van der Waals surface area contributed by atoms with Gasteiger partial charge in [0, 0.05) is 4.88 Å². The summed E-state index contributed by atoms with van der Waals surface area (Å²) in [6.07, 6.45) is 10.4. The minimum absolute atomic E-state index is 0.103. The molecule has 1 aromatic heterocycles. The van der Waals surface area contributed by atoms with Gasteiger partial charge in [0.15, 0.2) is 0 Å². The molecular formula is C18H20O2S. The number of carbonyl (C=O) groups excluding carboxylic acids is 1. The number of thiophene rings is 1. The molecule has 0 N–H and O–H groups in total. The minimum atomic E-state index is -0.217. The maximum absolute atomic E-state index is 12.4. The average molecular weight is 300 g/mol. The molecule has 21 heavy (non-hydrogen) atoms. The zero-order valence-corrected chi connectivity index (χ0v) is 13.1. The first-order chi connectivity index (χ1) is 10.3. The van der Waals surface area contributed by atoms with Crippen molar-refractivity contribution in [2.45, 2.75) is 32.6 Å². The van der Waals surface area contributed by atoms with Gasteiger partial charge in [0.05, 0.1) is 6.61 Å². The first-order valence-electron chi connectivity index (χ1n) is 7.63. The van der Waals surface area contributed by atoms with Crippen LogP contribution in [0, 0.1) is 5.92 Å². The zero-order chi connectivity index (χ0) is 14.7. The van der Waals surface area contributed by atoms with E-state index in [0.29, 0.717) is 6.61 Å². The Kier molecular flexibility index (Phi) is 4.39. The second-order valence-electron chi connectivity index (χ2n) is 5.43. The topological polar surface area (TPSA) is 26.3 Å². The Morgan fingerprint density at radius 1 is 1.48 bits per heavy atom. The van der Waals surface area contributed by atoms with Gasteiger partial charge in [-0.15, -0.1) is 11.3 Å². The Hall–Kier alpha value is -1.61. The largest absolute Gasteiger partial charge is 0.465 e. The van der Waals surface area contributed by atoms with Crippen LogP contribution < -0.4 is 0 Å². The number of rotatable bonds is 5. The Morgan fingerprint density at radius 3 is 3.14 bits per heavy atom. The van der Waals surface area contributed by atoms with Gasteiger partial charge in [0.25, 0.3) is 0 Å². The number of ether oxygens (including phenoxy) is 1. The molecule has 1 heterocycles. The second-order valence-corrected chi connectivity index (χ2v) is 6.38. The molecule has 2 nitrogen and oxygen atoms in total. The average Bonchev–Trinajstić information content (AvgIpc) is 3.14. The predicted octanol–water partition coefficient (Wildman–Crippen LogP) is 4.75. The Bertz CT molecular complexity index is 605. The lowest BCUT2D eigenvalue weighted by Crippen LogP contribution is -2.17. The van der Waals surface area contributed by atoms with E-state index < -0.39 is 0 Å². The molecular weight excluding hydrogens is 280 g/mol. The summed E-state index contributed by atoms with van der Waals surface area (Å²) in [6.45, 7) is 2.63. The summed E-state index contributed by atoms with van der Waals surface area (Å²) >= 11 is 1.73. The third-order valence-corrected chi connectivity index (χ3v) is 4.89. The molecule has 3 heteroatoms. The number of allylic oxidation sites excluding steroid dienone is 4. The molecule has 0 bridgehead atoms. The van der Waals surface area contributed by atoms with Gasteiger partial charge in [-0.1, -0.05) is 37.6 Å². The molecule has 2 aliphatic rings. The highest BCUT2D eigenvalue weighted by Gasteiger charge is 2.32. The molecule has 1 aromatic rings. The molecule has 0 spiro atoms. The second kappa shape index (κ2) is 6.44. The molecule has 0 radical (unpaired) electrons. The molecule has 0 fully saturated rings. The fourth-order valence-electron chi connectivity index (χ4n) is 2.89. The third-order valence-electron chi connectivity index (χ3n) is 3.98. The van der Waals surface area contributed by atoms with Crippen LogP contribution in [-0.2, 0) is 9.53 Å². The van der Waals surface area contributed by atoms with Crippen molar-refractivity contribution in [1.82, 2.24) is 0 Å². The number of hydrogen-bond donors (Lipinski definition) is 0. The fourth-order valence-corrected chi connectivity index (χ4v) is 3.67. The highest BCUT2D eigenvalue weighted by atomic mass is 32.1. The van der Waals surface area contributed by atoms with Gasteiger partial charge >= 0.3 is 5.97 Å². The normalized spacial score (nSPS) is 20.4. The van der Waals surface area contributed by atoms with Crippen molar-refractivity contribution in [2.75, 3.05) is 6.61 Å². The van der Waals surface area contributed by atoms with Gasteiger partial charge in [-0.25, -0.2) is 0 Å². The fraction of sp³-hybridized carbons (Fsp3) is 0.389. The van der Waals surface area contributed by atoms with Crippen molar-refractivity contribution in [3.05, 3.63) is 51.8 Å². The summed E-state index contributed by atoms with van der Waals surface area (Å²) in [5.74, 6) is -0.320. The molecule has 0 amide bonds. The first-order valence-corrected chi connectivity index (χ1v) is 8.51. The smallest absolute Gasteiger partial charge is 0.317 e. The molecule has 0 aliphatic heterocycles. The van der Waals surface area contributed by atoms with Crippen LogP contribution in [0.3, 0.4) is 0 Å². The Morgan fingerprint density at radius 2 is 2.38 bits per heavy atom. The number of hydrogen-bond acceptors (Lipinski definition) is 3. The Balaban J connectivity index is 1.85.